The van der Waals surface area contributed by atoms with Gasteiger partial charge in [0, 0.05) is 6.42 Å². The molecule has 0 radical (unpaired) electrons. The van der Waals surface area contributed by atoms with Crippen molar-refractivity contribution in [2.45, 2.75) is 12.8 Å². The van der Waals surface area contributed by atoms with Gasteiger partial charge in [-0.2, -0.15) is 0 Å². The molecular weight excluding hydrogens is 237 g/mol. The van der Waals surface area contributed by atoms with E-state index in [1.165, 1.54) is 7.11 Å². The van der Waals surface area contributed by atoms with Crippen molar-refractivity contribution in [3.8, 4) is 0 Å². The lowest BCUT2D eigenvalue weighted by Gasteiger charge is -2.03. The van der Waals surface area contributed by atoms with Crippen LogP contribution in [0.15, 0.2) is 18.2 Å². The first kappa shape index (κ1) is 12.3. The molecule has 0 saturated carbocycles. The molecule has 1 N–H and O–H groups in total. The highest BCUT2D eigenvalue weighted by Gasteiger charge is 2.03. The molecule has 0 heterocycles. The molecule has 82 valence electrons. The van der Waals surface area contributed by atoms with E-state index in [4.69, 9.17) is 23.2 Å². The Kier molecular flexibility index (Phi) is 4.88. The van der Waals surface area contributed by atoms with Crippen LogP contribution in [-0.4, -0.2) is 13.0 Å². The number of nitrogens with one attached hydrogen (secondary N) is 1. The molecule has 0 aliphatic carbocycles. The van der Waals surface area contributed by atoms with E-state index in [9.17, 15) is 4.79 Å². The molecule has 0 fully saturated rings. The van der Waals surface area contributed by atoms with Crippen LogP contribution in [0.1, 0.15) is 12.0 Å². The first-order valence-electron chi connectivity index (χ1n) is 4.39. The zero-order valence-corrected chi connectivity index (χ0v) is 9.73. The number of amides is 1. The highest BCUT2D eigenvalue weighted by atomic mass is 35.5. The molecule has 1 amide bonds. The average Bonchev–Trinajstić information content (AvgIpc) is 2.20. The van der Waals surface area contributed by atoms with Crippen LogP contribution in [0.25, 0.3) is 0 Å². The normalized spacial score (nSPS) is 10.1. The summed E-state index contributed by atoms with van der Waals surface area (Å²) in [6.07, 6.45) is 0.956. The molecule has 0 spiro atoms. The van der Waals surface area contributed by atoms with E-state index in [2.05, 4.69) is 10.3 Å². The van der Waals surface area contributed by atoms with Crippen LogP contribution in [0.4, 0.5) is 0 Å². The molecule has 15 heavy (non-hydrogen) atoms. The number of hydrogen-bond donors (Lipinski definition) is 1. The van der Waals surface area contributed by atoms with E-state index >= 15 is 0 Å². The summed E-state index contributed by atoms with van der Waals surface area (Å²) < 4.78 is 0. The summed E-state index contributed by atoms with van der Waals surface area (Å²) in [5.41, 5.74) is 3.21. The van der Waals surface area contributed by atoms with E-state index in [0.29, 0.717) is 22.9 Å². The number of hydrogen-bond acceptors (Lipinski definition) is 2. The Balaban J connectivity index is 2.51. The van der Waals surface area contributed by atoms with E-state index in [1.54, 1.807) is 12.1 Å². The van der Waals surface area contributed by atoms with Crippen LogP contribution in [0, 0.1) is 0 Å². The summed E-state index contributed by atoms with van der Waals surface area (Å²) in [5, 5.41) is 1.02. The molecule has 1 aromatic rings. The summed E-state index contributed by atoms with van der Waals surface area (Å²) >= 11 is 11.6. The van der Waals surface area contributed by atoms with Crippen LogP contribution in [0.3, 0.4) is 0 Å². The SMILES string of the molecule is CONC(=O)CCc1ccc(Cl)c(Cl)c1. The highest BCUT2D eigenvalue weighted by Crippen LogP contribution is 2.23. The van der Waals surface area contributed by atoms with Crippen LogP contribution in [0.2, 0.25) is 10.0 Å². The molecular formula is C10H11Cl2NO2. The summed E-state index contributed by atoms with van der Waals surface area (Å²) in [6.45, 7) is 0. The smallest absolute Gasteiger partial charge is 0.243 e. The van der Waals surface area contributed by atoms with Crippen molar-refractivity contribution < 1.29 is 9.63 Å². The molecule has 0 saturated heterocycles. The van der Waals surface area contributed by atoms with Gasteiger partial charge < -0.3 is 0 Å². The predicted octanol–water partition coefficient (Wildman–Crippen LogP) is 2.60. The van der Waals surface area contributed by atoms with Gasteiger partial charge in [-0.25, -0.2) is 5.48 Å². The second-order valence-electron chi connectivity index (χ2n) is 2.98. The van der Waals surface area contributed by atoms with Gasteiger partial charge in [-0.05, 0) is 24.1 Å². The van der Waals surface area contributed by atoms with Gasteiger partial charge in [0.05, 0.1) is 17.2 Å². The van der Waals surface area contributed by atoms with Crippen LogP contribution >= 0.6 is 23.2 Å². The number of carbonyl (C=O) groups excluding carboxylic acids is 1. The molecule has 0 aliphatic rings. The van der Waals surface area contributed by atoms with E-state index in [1.807, 2.05) is 6.07 Å². The maximum Gasteiger partial charge on any atom is 0.243 e. The predicted molar refractivity (Wildman–Crippen MR) is 59.9 cm³/mol. The van der Waals surface area contributed by atoms with Crippen molar-refractivity contribution in [2.75, 3.05) is 7.11 Å². The number of benzene rings is 1. The summed E-state index contributed by atoms with van der Waals surface area (Å²) in [5.74, 6) is -0.163. The van der Waals surface area contributed by atoms with E-state index in [0.717, 1.165) is 5.56 Å². The molecule has 0 aromatic heterocycles. The lowest BCUT2D eigenvalue weighted by Crippen LogP contribution is -2.21. The molecule has 1 aromatic carbocycles. The Morgan fingerprint density at radius 2 is 2.13 bits per heavy atom. The van der Waals surface area contributed by atoms with E-state index in [-0.39, 0.29) is 5.91 Å². The van der Waals surface area contributed by atoms with Crippen molar-refractivity contribution in [3.05, 3.63) is 33.8 Å². The molecule has 0 unspecified atom stereocenters. The summed E-state index contributed by atoms with van der Waals surface area (Å²) in [4.78, 5) is 15.6. The van der Waals surface area contributed by atoms with Gasteiger partial charge in [0.2, 0.25) is 5.91 Å². The van der Waals surface area contributed by atoms with Crippen molar-refractivity contribution in [1.29, 1.82) is 0 Å². The third kappa shape index (κ3) is 4.08. The minimum absolute atomic E-state index is 0.163. The molecule has 0 aliphatic heterocycles. The maximum absolute atomic E-state index is 11.1. The molecule has 5 heteroatoms. The Morgan fingerprint density at radius 1 is 1.40 bits per heavy atom. The first-order valence-corrected chi connectivity index (χ1v) is 5.15. The van der Waals surface area contributed by atoms with E-state index < -0.39 is 0 Å². The Hall–Kier alpha value is -0.770. The molecule has 0 bridgehead atoms. The molecule has 3 nitrogen and oxygen atoms in total. The largest absolute Gasteiger partial charge is 0.277 e. The summed E-state index contributed by atoms with van der Waals surface area (Å²) in [6, 6.07) is 5.31. The third-order valence-corrected chi connectivity index (χ3v) is 2.58. The number of hydroxylamine groups is 1. The zero-order valence-electron chi connectivity index (χ0n) is 8.22. The minimum atomic E-state index is -0.163. The lowest BCUT2D eigenvalue weighted by atomic mass is 10.1. The number of halogens is 2. The fourth-order valence-electron chi connectivity index (χ4n) is 1.12. The van der Waals surface area contributed by atoms with Crippen LogP contribution in [0.5, 0.6) is 0 Å². The monoisotopic (exact) mass is 247 g/mol. The number of carbonyl (C=O) groups is 1. The maximum atomic E-state index is 11.1. The Bertz CT molecular complexity index is 355. The molecule has 0 atom stereocenters. The minimum Gasteiger partial charge on any atom is -0.277 e. The van der Waals surface area contributed by atoms with Crippen molar-refractivity contribution >= 4 is 29.1 Å². The van der Waals surface area contributed by atoms with Gasteiger partial charge >= 0.3 is 0 Å². The van der Waals surface area contributed by atoms with Gasteiger partial charge in [-0.3, -0.25) is 9.63 Å². The van der Waals surface area contributed by atoms with Crippen molar-refractivity contribution in [1.82, 2.24) is 5.48 Å². The van der Waals surface area contributed by atoms with Gasteiger partial charge in [0.25, 0.3) is 0 Å². The van der Waals surface area contributed by atoms with Crippen LogP contribution in [-0.2, 0) is 16.1 Å². The summed E-state index contributed by atoms with van der Waals surface area (Å²) in [7, 11) is 1.40. The van der Waals surface area contributed by atoms with Gasteiger partial charge in [0.15, 0.2) is 0 Å². The third-order valence-electron chi connectivity index (χ3n) is 1.84. The lowest BCUT2D eigenvalue weighted by molar-refractivity contribution is -0.131. The quantitative estimate of drug-likeness (QED) is 0.831. The van der Waals surface area contributed by atoms with Crippen LogP contribution < -0.4 is 5.48 Å². The van der Waals surface area contributed by atoms with Crippen molar-refractivity contribution in [2.24, 2.45) is 0 Å². The Morgan fingerprint density at radius 3 is 2.73 bits per heavy atom. The standard InChI is InChI=1S/C10H11Cl2NO2/c1-15-13-10(14)5-3-7-2-4-8(11)9(12)6-7/h2,4,6H,3,5H2,1H3,(H,13,14). The number of rotatable bonds is 4. The first-order chi connectivity index (χ1) is 7.13. The second-order valence-corrected chi connectivity index (χ2v) is 3.79. The number of aryl methyl sites for hydroxylation is 1. The Labute approximate surface area is 98.3 Å². The van der Waals surface area contributed by atoms with Gasteiger partial charge in [-0.1, -0.05) is 29.3 Å². The topological polar surface area (TPSA) is 38.3 Å². The zero-order chi connectivity index (χ0) is 11.3. The van der Waals surface area contributed by atoms with Gasteiger partial charge in [0.1, 0.15) is 0 Å². The highest BCUT2D eigenvalue weighted by molar-refractivity contribution is 6.42. The second kappa shape index (κ2) is 5.95. The molecule has 1 rings (SSSR count). The van der Waals surface area contributed by atoms with Gasteiger partial charge in [-0.15, -0.1) is 0 Å². The average molecular weight is 248 g/mol. The fourth-order valence-corrected chi connectivity index (χ4v) is 1.44. The van der Waals surface area contributed by atoms with Crippen molar-refractivity contribution in [3.63, 3.8) is 0 Å². The fraction of sp³-hybridized carbons (Fsp3) is 0.300.